The van der Waals surface area contributed by atoms with Crippen LogP contribution in [0.4, 0.5) is 4.39 Å². The fourth-order valence-corrected chi connectivity index (χ4v) is 4.07. The van der Waals surface area contributed by atoms with Crippen LogP contribution in [-0.2, 0) is 22.3 Å². The van der Waals surface area contributed by atoms with Gasteiger partial charge in [-0.2, -0.15) is 0 Å². The van der Waals surface area contributed by atoms with Gasteiger partial charge in [-0.15, -0.1) is 0 Å². The molecule has 1 aliphatic rings. The van der Waals surface area contributed by atoms with Gasteiger partial charge in [-0.25, -0.2) is 17.5 Å². The van der Waals surface area contributed by atoms with Crippen LogP contribution in [0.15, 0.2) is 30.3 Å². The van der Waals surface area contributed by atoms with E-state index in [4.69, 9.17) is 0 Å². The van der Waals surface area contributed by atoms with Gasteiger partial charge < -0.3 is 4.57 Å². The maximum Gasteiger partial charge on any atom is 0.216 e. The number of sulfonamides is 1. The molecule has 0 atom stereocenters. The summed E-state index contributed by atoms with van der Waals surface area (Å²) in [6, 6.07) is 8.16. The maximum atomic E-state index is 12.9. The molecular formula is C17H21FN2O2S. The normalized spacial score (nSPS) is 15.1. The van der Waals surface area contributed by atoms with Crippen molar-refractivity contribution < 1.29 is 12.8 Å². The third-order valence-electron chi connectivity index (χ3n) is 4.25. The van der Waals surface area contributed by atoms with E-state index in [9.17, 15) is 12.8 Å². The molecule has 1 N–H and O–H groups in total. The Labute approximate surface area is 136 Å². The monoisotopic (exact) mass is 336 g/mol. The van der Waals surface area contributed by atoms with Crippen LogP contribution in [0.5, 0.6) is 0 Å². The molecule has 23 heavy (non-hydrogen) atoms. The number of hydrogen-bond acceptors (Lipinski definition) is 2. The van der Waals surface area contributed by atoms with E-state index in [2.05, 4.69) is 16.2 Å². The van der Waals surface area contributed by atoms with E-state index in [-0.39, 0.29) is 18.1 Å². The number of nitrogens with zero attached hydrogens (tertiary/aromatic N) is 1. The van der Waals surface area contributed by atoms with Gasteiger partial charge >= 0.3 is 0 Å². The van der Waals surface area contributed by atoms with Gasteiger partial charge in [0.1, 0.15) is 5.82 Å². The molecule has 0 spiro atoms. The minimum atomic E-state index is -3.45. The lowest BCUT2D eigenvalue weighted by Crippen LogP contribution is -2.25. The Morgan fingerprint density at radius 2 is 1.87 bits per heavy atom. The highest BCUT2D eigenvalue weighted by Gasteiger charge is 2.27. The summed E-state index contributed by atoms with van der Waals surface area (Å²) in [6.07, 6.45) is 2.40. The molecule has 0 bridgehead atoms. The lowest BCUT2D eigenvalue weighted by molar-refractivity contribution is 0.579. The van der Waals surface area contributed by atoms with Gasteiger partial charge in [-0.05, 0) is 56.0 Å². The van der Waals surface area contributed by atoms with Crippen molar-refractivity contribution in [2.45, 2.75) is 45.0 Å². The van der Waals surface area contributed by atoms with Gasteiger partial charge in [0.2, 0.25) is 10.0 Å². The highest BCUT2D eigenvalue weighted by molar-refractivity contribution is 7.88. The third kappa shape index (κ3) is 3.82. The fraction of sp³-hybridized carbons (Fsp3) is 0.412. The first kappa shape index (κ1) is 16.2. The maximum absolute atomic E-state index is 12.9. The molecule has 0 radical (unpaired) electrons. The predicted molar refractivity (Wildman–Crippen MR) is 88.0 cm³/mol. The molecule has 0 saturated heterocycles. The van der Waals surface area contributed by atoms with Gasteiger partial charge in [-0.1, -0.05) is 12.1 Å². The number of halogens is 1. The molecule has 124 valence electrons. The summed E-state index contributed by atoms with van der Waals surface area (Å²) in [5.74, 6) is -0.513. The summed E-state index contributed by atoms with van der Waals surface area (Å²) in [5, 5.41) is 0. The van der Waals surface area contributed by atoms with Crippen LogP contribution in [0.3, 0.4) is 0 Å². The highest BCUT2D eigenvalue weighted by atomic mass is 32.2. The van der Waals surface area contributed by atoms with Crippen LogP contribution in [-0.4, -0.2) is 13.0 Å². The molecule has 1 fully saturated rings. The van der Waals surface area contributed by atoms with E-state index in [0.29, 0.717) is 11.6 Å². The van der Waals surface area contributed by atoms with E-state index in [1.165, 1.54) is 42.8 Å². The van der Waals surface area contributed by atoms with Crippen molar-refractivity contribution in [2.75, 3.05) is 0 Å². The molecule has 0 amide bonds. The van der Waals surface area contributed by atoms with Crippen molar-refractivity contribution >= 4 is 10.0 Å². The van der Waals surface area contributed by atoms with E-state index in [1.54, 1.807) is 0 Å². The van der Waals surface area contributed by atoms with Gasteiger partial charge in [0, 0.05) is 24.0 Å². The molecule has 6 heteroatoms. The summed E-state index contributed by atoms with van der Waals surface area (Å²) in [5.41, 5.74) is 3.90. The van der Waals surface area contributed by atoms with E-state index >= 15 is 0 Å². The van der Waals surface area contributed by atoms with Crippen molar-refractivity contribution in [3.05, 3.63) is 58.7 Å². The van der Waals surface area contributed by atoms with Gasteiger partial charge in [0.25, 0.3) is 0 Å². The number of nitrogens with one attached hydrogen (secondary N) is 1. The lowest BCUT2D eigenvalue weighted by Gasteiger charge is -2.09. The van der Waals surface area contributed by atoms with E-state index in [1.807, 2.05) is 13.0 Å². The second-order valence-corrected chi connectivity index (χ2v) is 8.01. The predicted octanol–water partition coefficient (Wildman–Crippen LogP) is 3.20. The van der Waals surface area contributed by atoms with Crippen molar-refractivity contribution in [3.8, 4) is 0 Å². The zero-order valence-corrected chi connectivity index (χ0v) is 14.2. The molecule has 1 aromatic heterocycles. The number of aryl methyl sites for hydroxylation is 1. The zero-order valence-electron chi connectivity index (χ0n) is 13.3. The largest absolute Gasteiger partial charge is 0.346 e. The molecule has 1 saturated carbocycles. The Morgan fingerprint density at radius 3 is 2.48 bits per heavy atom. The minimum absolute atomic E-state index is 0.144. The van der Waals surface area contributed by atoms with Crippen LogP contribution in [0.2, 0.25) is 0 Å². The van der Waals surface area contributed by atoms with Gasteiger partial charge in [0.05, 0.1) is 5.75 Å². The molecule has 2 aromatic rings. The summed E-state index contributed by atoms with van der Waals surface area (Å²) in [6.45, 7) is 4.38. The molecule has 1 heterocycles. The molecule has 4 nitrogen and oxygen atoms in total. The fourth-order valence-electron chi connectivity index (χ4n) is 2.96. The standard InChI is InChI=1S/C17H21FN2O2S/c1-12-9-15(13(2)20(12)17-7-8-17)10-19-23(21,22)11-14-3-5-16(18)6-4-14/h3-6,9,17,19H,7-8,10-11H2,1-2H3. The SMILES string of the molecule is Cc1cc(CNS(=O)(=O)Cc2ccc(F)cc2)c(C)n1C1CC1. The highest BCUT2D eigenvalue weighted by Crippen LogP contribution is 2.38. The first-order chi connectivity index (χ1) is 10.9. The Hall–Kier alpha value is -1.66. The number of hydrogen-bond donors (Lipinski definition) is 1. The molecule has 3 rings (SSSR count). The first-order valence-electron chi connectivity index (χ1n) is 7.75. The average Bonchev–Trinajstić information content (AvgIpc) is 3.26. The Balaban J connectivity index is 1.67. The van der Waals surface area contributed by atoms with Crippen molar-refractivity contribution in [1.29, 1.82) is 0 Å². The smallest absolute Gasteiger partial charge is 0.216 e. The molecule has 0 unspecified atom stereocenters. The quantitative estimate of drug-likeness (QED) is 0.881. The average molecular weight is 336 g/mol. The minimum Gasteiger partial charge on any atom is -0.346 e. The summed E-state index contributed by atoms with van der Waals surface area (Å²) in [7, 11) is -3.45. The first-order valence-corrected chi connectivity index (χ1v) is 9.40. The number of benzene rings is 1. The second kappa shape index (κ2) is 6.09. The van der Waals surface area contributed by atoms with Crippen LogP contribution >= 0.6 is 0 Å². The molecule has 1 aliphatic carbocycles. The van der Waals surface area contributed by atoms with E-state index in [0.717, 1.165) is 11.3 Å². The Bertz CT molecular complexity index is 806. The van der Waals surface area contributed by atoms with Crippen LogP contribution in [0, 0.1) is 19.7 Å². The van der Waals surface area contributed by atoms with Crippen LogP contribution in [0.25, 0.3) is 0 Å². The third-order valence-corrected chi connectivity index (χ3v) is 5.55. The summed E-state index contributed by atoms with van der Waals surface area (Å²) >= 11 is 0. The Morgan fingerprint density at radius 1 is 1.22 bits per heavy atom. The van der Waals surface area contributed by atoms with Gasteiger partial charge in [0.15, 0.2) is 0 Å². The van der Waals surface area contributed by atoms with Crippen molar-refractivity contribution in [2.24, 2.45) is 0 Å². The number of rotatable bonds is 6. The molecule has 0 aliphatic heterocycles. The van der Waals surface area contributed by atoms with Crippen molar-refractivity contribution in [1.82, 2.24) is 9.29 Å². The van der Waals surface area contributed by atoms with Gasteiger partial charge in [-0.3, -0.25) is 0 Å². The van der Waals surface area contributed by atoms with E-state index < -0.39 is 10.0 Å². The number of aromatic nitrogens is 1. The van der Waals surface area contributed by atoms with Crippen molar-refractivity contribution in [3.63, 3.8) is 0 Å². The topological polar surface area (TPSA) is 51.1 Å². The zero-order chi connectivity index (χ0) is 16.6. The van der Waals surface area contributed by atoms with Crippen LogP contribution < -0.4 is 4.72 Å². The van der Waals surface area contributed by atoms with Crippen LogP contribution in [0.1, 0.15) is 41.4 Å². The lowest BCUT2D eigenvalue weighted by atomic mass is 10.2. The summed E-state index contributed by atoms with van der Waals surface area (Å²) < 4.78 is 42.2. The molecule has 1 aromatic carbocycles. The second-order valence-electron chi connectivity index (χ2n) is 6.20. The summed E-state index contributed by atoms with van der Waals surface area (Å²) in [4.78, 5) is 0. The molecular weight excluding hydrogens is 315 g/mol. The Kier molecular flexibility index (Phi) is 4.29.